The molecule has 20 heavy (non-hydrogen) atoms. The highest BCUT2D eigenvalue weighted by Crippen LogP contribution is 2.60. The lowest BCUT2D eigenvalue weighted by molar-refractivity contribution is 0.382. The molecule has 1 nitrogen and oxygen atoms in total. The fourth-order valence-corrected chi connectivity index (χ4v) is 3.47. The van der Waals surface area contributed by atoms with E-state index in [1.54, 1.807) is 0 Å². The molecule has 110 valence electrons. The number of hydrogen-bond acceptors (Lipinski definition) is 1. The third-order valence-corrected chi connectivity index (χ3v) is 5.22. The van der Waals surface area contributed by atoms with Gasteiger partial charge in [-0.1, -0.05) is 38.1 Å². The van der Waals surface area contributed by atoms with E-state index in [1.807, 2.05) is 0 Å². The van der Waals surface area contributed by atoms with Crippen LogP contribution in [0.2, 0.25) is 0 Å². The van der Waals surface area contributed by atoms with Gasteiger partial charge < -0.3 is 5.32 Å². The van der Waals surface area contributed by atoms with Crippen LogP contribution in [0.25, 0.3) is 0 Å². The fourth-order valence-electron chi connectivity index (χ4n) is 3.47. The first kappa shape index (κ1) is 14.1. The molecule has 1 N–H and O–H groups in total. The van der Waals surface area contributed by atoms with E-state index in [2.05, 4.69) is 50.4 Å². The molecule has 1 atom stereocenters. The molecule has 3 rings (SSSR count). The van der Waals surface area contributed by atoms with Crippen molar-refractivity contribution < 1.29 is 0 Å². The third kappa shape index (κ3) is 3.25. The Morgan fingerprint density at radius 3 is 2.25 bits per heavy atom. The van der Waals surface area contributed by atoms with Gasteiger partial charge in [-0.3, -0.25) is 0 Å². The zero-order valence-corrected chi connectivity index (χ0v) is 13.3. The van der Waals surface area contributed by atoms with Crippen molar-refractivity contribution in [3.05, 3.63) is 35.4 Å². The molecule has 2 aliphatic rings. The second-order valence-corrected chi connectivity index (χ2v) is 7.58. The van der Waals surface area contributed by atoms with Gasteiger partial charge in [0.05, 0.1) is 0 Å². The Labute approximate surface area is 124 Å². The Balaban J connectivity index is 1.52. The first-order valence-electron chi connectivity index (χ1n) is 8.41. The molecule has 0 saturated heterocycles. The average Bonchev–Trinajstić information content (AvgIpc) is 3.27. The normalized spacial score (nSPS) is 22.0. The highest BCUT2D eigenvalue weighted by atomic mass is 14.9. The summed E-state index contributed by atoms with van der Waals surface area (Å²) in [5.74, 6) is 1.79. The maximum absolute atomic E-state index is 3.78. The van der Waals surface area contributed by atoms with Crippen molar-refractivity contribution in [2.45, 2.75) is 58.9 Å². The molecule has 1 heteroatoms. The molecule has 0 heterocycles. The molecule has 0 radical (unpaired) electrons. The Bertz CT molecular complexity index is 437. The van der Waals surface area contributed by atoms with E-state index in [0.29, 0.717) is 11.5 Å². The summed E-state index contributed by atoms with van der Waals surface area (Å²) in [5, 5.41) is 3.78. The quantitative estimate of drug-likeness (QED) is 0.756. The van der Waals surface area contributed by atoms with E-state index in [0.717, 1.165) is 11.8 Å². The van der Waals surface area contributed by atoms with Crippen LogP contribution in [0.5, 0.6) is 0 Å². The Kier molecular flexibility index (Phi) is 3.90. The summed E-state index contributed by atoms with van der Waals surface area (Å²) < 4.78 is 0. The SMILES string of the molecule is CC(C)Cc1ccc(C(C)NCC2(C3CC3)CC2)cc1. The number of rotatable bonds is 7. The average molecular weight is 271 g/mol. The molecule has 0 spiro atoms. The molecule has 0 aliphatic heterocycles. The van der Waals surface area contributed by atoms with Gasteiger partial charge in [-0.2, -0.15) is 0 Å². The number of hydrogen-bond donors (Lipinski definition) is 1. The highest BCUT2D eigenvalue weighted by Gasteiger charge is 2.53. The zero-order chi connectivity index (χ0) is 14.2. The van der Waals surface area contributed by atoms with Gasteiger partial charge in [0, 0.05) is 12.6 Å². The largest absolute Gasteiger partial charge is 0.310 e. The van der Waals surface area contributed by atoms with Crippen LogP contribution in [0.4, 0.5) is 0 Å². The van der Waals surface area contributed by atoms with Crippen molar-refractivity contribution in [2.75, 3.05) is 6.54 Å². The summed E-state index contributed by atoms with van der Waals surface area (Å²) in [4.78, 5) is 0. The summed E-state index contributed by atoms with van der Waals surface area (Å²) in [6.07, 6.45) is 7.09. The molecule has 2 saturated carbocycles. The highest BCUT2D eigenvalue weighted by molar-refractivity contribution is 5.25. The van der Waals surface area contributed by atoms with Crippen LogP contribution >= 0.6 is 0 Å². The summed E-state index contributed by atoms with van der Waals surface area (Å²) >= 11 is 0. The van der Waals surface area contributed by atoms with Gasteiger partial charge in [0.1, 0.15) is 0 Å². The predicted molar refractivity (Wildman–Crippen MR) is 85.8 cm³/mol. The molecular weight excluding hydrogens is 242 g/mol. The predicted octanol–water partition coefficient (Wildman–Crippen LogP) is 4.73. The lowest BCUT2D eigenvalue weighted by atomic mass is 9.98. The zero-order valence-electron chi connectivity index (χ0n) is 13.3. The maximum Gasteiger partial charge on any atom is 0.0292 e. The molecular formula is C19H29N. The molecule has 1 aromatic carbocycles. The third-order valence-electron chi connectivity index (χ3n) is 5.22. The summed E-state index contributed by atoms with van der Waals surface area (Å²) in [6.45, 7) is 8.10. The monoisotopic (exact) mass is 271 g/mol. The van der Waals surface area contributed by atoms with E-state index in [4.69, 9.17) is 0 Å². The van der Waals surface area contributed by atoms with Crippen LogP contribution in [0.3, 0.4) is 0 Å². The number of nitrogens with one attached hydrogen (secondary N) is 1. The molecule has 2 fully saturated rings. The van der Waals surface area contributed by atoms with E-state index in [-0.39, 0.29) is 0 Å². The smallest absolute Gasteiger partial charge is 0.0292 e. The molecule has 0 aromatic heterocycles. The molecule has 1 unspecified atom stereocenters. The fraction of sp³-hybridized carbons (Fsp3) is 0.684. The minimum absolute atomic E-state index is 0.485. The lowest BCUT2D eigenvalue weighted by Crippen LogP contribution is -2.28. The van der Waals surface area contributed by atoms with Crippen molar-refractivity contribution in [1.82, 2.24) is 5.32 Å². The van der Waals surface area contributed by atoms with Crippen molar-refractivity contribution in [3.8, 4) is 0 Å². The van der Waals surface area contributed by atoms with Crippen LogP contribution in [0.1, 0.15) is 63.6 Å². The van der Waals surface area contributed by atoms with E-state index >= 15 is 0 Å². The van der Waals surface area contributed by atoms with Crippen LogP contribution in [0, 0.1) is 17.3 Å². The van der Waals surface area contributed by atoms with Gasteiger partial charge in [0.25, 0.3) is 0 Å². The molecule has 2 aliphatic carbocycles. The topological polar surface area (TPSA) is 12.0 Å². The van der Waals surface area contributed by atoms with Crippen molar-refractivity contribution in [1.29, 1.82) is 0 Å². The van der Waals surface area contributed by atoms with E-state index in [1.165, 1.54) is 49.8 Å². The number of benzene rings is 1. The van der Waals surface area contributed by atoms with Gasteiger partial charge in [-0.25, -0.2) is 0 Å². The lowest BCUT2D eigenvalue weighted by Gasteiger charge is -2.20. The second kappa shape index (κ2) is 5.52. The minimum Gasteiger partial charge on any atom is -0.310 e. The Morgan fingerprint density at radius 1 is 1.10 bits per heavy atom. The van der Waals surface area contributed by atoms with Crippen LogP contribution in [-0.4, -0.2) is 6.54 Å². The van der Waals surface area contributed by atoms with Crippen LogP contribution < -0.4 is 5.32 Å². The molecule has 1 aromatic rings. The summed E-state index contributed by atoms with van der Waals surface area (Å²) in [7, 11) is 0. The summed E-state index contributed by atoms with van der Waals surface area (Å²) in [5.41, 5.74) is 3.60. The Hall–Kier alpha value is -0.820. The van der Waals surface area contributed by atoms with Crippen molar-refractivity contribution in [2.24, 2.45) is 17.3 Å². The van der Waals surface area contributed by atoms with Gasteiger partial charge in [-0.05, 0) is 67.4 Å². The van der Waals surface area contributed by atoms with E-state index < -0.39 is 0 Å². The van der Waals surface area contributed by atoms with Gasteiger partial charge in [0.2, 0.25) is 0 Å². The van der Waals surface area contributed by atoms with Crippen molar-refractivity contribution in [3.63, 3.8) is 0 Å². The van der Waals surface area contributed by atoms with E-state index in [9.17, 15) is 0 Å². The van der Waals surface area contributed by atoms with Gasteiger partial charge >= 0.3 is 0 Å². The standard InChI is InChI=1S/C19H29N/c1-14(2)12-16-4-6-17(7-5-16)15(3)20-13-19(10-11-19)18-8-9-18/h4-7,14-15,18,20H,8-13H2,1-3H3. The van der Waals surface area contributed by atoms with Crippen molar-refractivity contribution >= 4 is 0 Å². The minimum atomic E-state index is 0.485. The first-order valence-corrected chi connectivity index (χ1v) is 8.41. The van der Waals surface area contributed by atoms with Gasteiger partial charge in [-0.15, -0.1) is 0 Å². The van der Waals surface area contributed by atoms with Crippen LogP contribution in [-0.2, 0) is 6.42 Å². The van der Waals surface area contributed by atoms with Crippen LogP contribution in [0.15, 0.2) is 24.3 Å². The Morgan fingerprint density at radius 2 is 1.75 bits per heavy atom. The van der Waals surface area contributed by atoms with Gasteiger partial charge in [0.15, 0.2) is 0 Å². The molecule has 0 bridgehead atoms. The maximum atomic E-state index is 3.78. The summed E-state index contributed by atoms with van der Waals surface area (Å²) in [6, 6.07) is 9.72. The second-order valence-electron chi connectivity index (χ2n) is 7.58. The first-order chi connectivity index (χ1) is 9.59. The molecule has 0 amide bonds.